The number of aromatic nitrogens is 2. The monoisotopic (exact) mass is 577 g/mol. The number of hydrogen-bond donors (Lipinski definition) is 1. The first-order valence-electron chi connectivity index (χ1n) is 12.2. The van der Waals surface area contributed by atoms with Gasteiger partial charge in [0.15, 0.2) is 4.34 Å². The number of halogens is 1. The maximum atomic E-state index is 13.4. The molecule has 1 atom stereocenters. The van der Waals surface area contributed by atoms with Crippen molar-refractivity contribution in [3.63, 3.8) is 0 Å². The minimum Gasteiger partial charge on any atom is -0.507 e. The molecule has 5 rings (SSSR count). The molecule has 1 unspecified atom stereocenters. The van der Waals surface area contributed by atoms with Crippen molar-refractivity contribution in [1.82, 2.24) is 10.2 Å². The average molecular weight is 578 g/mol. The number of carbonyl (C=O) groups is 2. The highest BCUT2D eigenvalue weighted by atomic mass is 35.5. The fraction of sp³-hybridized carbons (Fsp3) is 0.172. The number of ether oxygens (including phenoxy) is 1. The Morgan fingerprint density at radius 3 is 2.38 bits per heavy atom. The number of aryl methyl sites for hydroxylation is 1. The molecule has 1 saturated heterocycles. The summed E-state index contributed by atoms with van der Waals surface area (Å²) in [7, 11) is 0. The largest absolute Gasteiger partial charge is 0.507 e. The molecule has 1 aliphatic rings. The summed E-state index contributed by atoms with van der Waals surface area (Å²) in [6.45, 7) is 4.34. The van der Waals surface area contributed by atoms with E-state index in [1.165, 1.54) is 28.0 Å². The number of carbonyl (C=O) groups excluding carboxylic acids is 2. The summed E-state index contributed by atoms with van der Waals surface area (Å²) in [6, 6.07) is 20.9. The molecule has 1 N–H and O–H groups in total. The van der Waals surface area contributed by atoms with E-state index in [4.69, 9.17) is 16.3 Å². The number of anilines is 1. The summed E-state index contributed by atoms with van der Waals surface area (Å²) in [5.41, 5.74) is 3.18. The lowest BCUT2D eigenvalue weighted by Gasteiger charge is -2.22. The van der Waals surface area contributed by atoms with E-state index < -0.39 is 17.7 Å². The number of ketones is 1. The number of hydrogen-bond acceptors (Lipinski definition) is 8. The molecule has 0 bridgehead atoms. The first-order valence-corrected chi connectivity index (χ1v) is 14.3. The Hall–Kier alpha value is -3.66. The normalized spacial score (nSPS) is 16.6. The Morgan fingerprint density at radius 1 is 1.03 bits per heavy atom. The highest BCUT2D eigenvalue weighted by Crippen LogP contribution is 2.44. The summed E-state index contributed by atoms with van der Waals surface area (Å²) < 4.78 is 6.14. The first-order chi connectivity index (χ1) is 18.9. The molecular weight excluding hydrogens is 554 g/mol. The van der Waals surface area contributed by atoms with Crippen LogP contribution in [-0.4, -0.2) is 33.6 Å². The number of thioether (sulfide) groups is 1. The van der Waals surface area contributed by atoms with Crippen LogP contribution in [0.4, 0.5) is 5.13 Å². The topological polar surface area (TPSA) is 92.6 Å². The van der Waals surface area contributed by atoms with Crippen molar-refractivity contribution in [2.45, 2.75) is 30.0 Å². The van der Waals surface area contributed by atoms with Crippen LogP contribution in [0, 0.1) is 6.92 Å². The van der Waals surface area contributed by atoms with E-state index in [-0.39, 0.29) is 16.5 Å². The van der Waals surface area contributed by atoms with Crippen molar-refractivity contribution in [2.75, 3.05) is 11.5 Å². The van der Waals surface area contributed by atoms with Gasteiger partial charge in [0, 0.05) is 16.3 Å². The molecule has 3 aromatic carbocycles. The zero-order chi connectivity index (χ0) is 27.5. The van der Waals surface area contributed by atoms with Gasteiger partial charge in [-0.2, -0.15) is 0 Å². The van der Waals surface area contributed by atoms with Gasteiger partial charge < -0.3 is 9.84 Å². The van der Waals surface area contributed by atoms with Crippen molar-refractivity contribution in [1.29, 1.82) is 0 Å². The number of aliphatic hydroxyl groups is 1. The Labute approximate surface area is 239 Å². The molecule has 0 spiro atoms. The van der Waals surface area contributed by atoms with E-state index >= 15 is 0 Å². The number of amides is 1. The van der Waals surface area contributed by atoms with Crippen LogP contribution in [0.2, 0.25) is 5.02 Å². The Balaban J connectivity index is 1.51. The number of rotatable bonds is 8. The van der Waals surface area contributed by atoms with E-state index in [2.05, 4.69) is 10.2 Å². The second-order valence-corrected chi connectivity index (χ2v) is 11.4. The molecule has 0 radical (unpaired) electrons. The minimum absolute atomic E-state index is 0.00131. The molecule has 198 valence electrons. The van der Waals surface area contributed by atoms with Crippen molar-refractivity contribution in [3.8, 4) is 5.75 Å². The molecule has 0 saturated carbocycles. The lowest BCUT2D eigenvalue weighted by molar-refractivity contribution is -0.132. The van der Waals surface area contributed by atoms with Crippen LogP contribution >= 0.6 is 34.7 Å². The highest BCUT2D eigenvalue weighted by molar-refractivity contribution is 8.00. The van der Waals surface area contributed by atoms with Crippen LogP contribution in [0.5, 0.6) is 5.75 Å². The minimum atomic E-state index is -0.862. The van der Waals surface area contributed by atoms with E-state index in [9.17, 15) is 14.7 Å². The molecular formula is C29H24ClN3O4S2. The molecule has 1 aromatic heterocycles. The van der Waals surface area contributed by atoms with Gasteiger partial charge in [-0.1, -0.05) is 76.7 Å². The summed E-state index contributed by atoms with van der Waals surface area (Å²) in [5, 5.41) is 20.8. The first kappa shape index (κ1) is 26.9. The molecule has 1 amide bonds. The van der Waals surface area contributed by atoms with Crippen LogP contribution in [0.15, 0.2) is 82.7 Å². The second kappa shape index (κ2) is 11.6. The van der Waals surface area contributed by atoms with E-state index in [1.54, 1.807) is 24.3 Å². The van der Waals surface area contributed by atoms with Crippen molar-refractivity contribution in [2.24, 2.45) is 0 Å². The van der Waals surface area contributed by atoms with Gasteiger partial charge in [-0.3, -0.25) is 14.5 Å². The molecule has 4 aromatic rings. The summed E-state index contributed by atoms with van der Waals surface area (Å²) in [5.74, 6) is -0.520. The van der Waals surface area contributed by atoms with Crippen molar-refractivity contribution in [3.05, 3.63) is 106 Å². The predicted octanol–water partition coefficient (Wildman–Crippen LogP) is 6.82. The van der Waals surface area contributed by atoms with Gasteiger partial charge in [-0.05, 0) is 61.4 Å². The van der Waals surface area contributed by atoms with E-state index in [0.717, 1.165) is 11.1 Å². The fourth-order valence-electron chi connectivity index (χ4n) is 4.21. The van der Waals surface area contributed by atoms with E-state index in [1.807, 2.05) is 62.4 Å². The molecule has 0 aliphatic carbocycles. The quantitative estimate of drug-likeness (QED) is 0.0807. The lowest BCUT2D eigenvalue weighted by Crippen LogP contribution is -2.29. The molecule has 10 heteroatoms. The standard InChI is InChI=1S/C29H24ClN3O4S2/c1-3-37-22-14-10-20(11-15-22)25(34)23-24(19-8-4-17(2)5-9-19)33(27(36)26(23)35)28-31-32-29(39-28)38-16-18-6-12-21(30)13-7-18/h4-15,24,34H,3,16H2,1-2H3/b25-23-. The summed E-state index contributed by atoms with van der Waals surface area (Å²) in [4.78, 5) is 28.1. The summed E-state index contributed by atoms with van der Waals surface area (Å²) >= 11 is 8.68. The highest BCUT2D eigenvalue weighted by Gasteiger charge is 2.48. The van der Waals surface area contributed by atoms with Crippen LogP contribution in [0.3, 0.4) is 0 Å². The maximum absolute atomic E-state index is 13.4. The zero-order valence-corrected chi connectivity index (χ0v) is 23.5. The third-order valence-electron chi connectivity index (χ3n) is 6.15. The Kier molecular flexibility index (Phi) is 8.02. The zero-order valence-electron chi connectivity index (χ0n) is 21.1. The van der Waals surface area contributed by atoms with Gasteiger partial charge in [0.2, 0.25) is 5.13 Å². The molecule has 39 heavy (non-hydrogen) atoms. The number of Topliss-reactive ketones (excluding diaryl/α,β-unsaturated/α-hetero) is 1. The van der Waals surface area contributed by atoms with Gasteiger partial charge in [-0.25, -0.2) is 0 Å². The predicted molar refractivity (Wildman–Crippen MR) is 154 cm³/mol. The van der Waals surface area contributed by atoms with E-state index in [0.29, 0.717) is 38.6 Å². The third kappa shape index (κ3) is 5.71. The maximum Gasteiger partial charge on any atom is 0.301 e. The smallest absolute Gasteiger partial charge is 0.301 e. The average Bonchev–Trinajstić information content (AvgIpc) is 3.51. The fourth-order valence-corrected chi connectivity index (χ4v) is 6.16. The Bertz CT molecular complexity index is 1530. The Morgan fingerprint density at radius 2 is 1.72 bits per heavy atom. The van der Waals surface area contributed by atoms with Crippen molar-refractivity contribution >= 4 is 57.3 Å². The van der Waals surface area contributed by atoms with Gasteiger partial charge >= 0.3 is 5.91 Å². The lowest BCUT2D eigenvalue weighted by atomic mass is 9.95. The molecule has 1 fully saturated rings. The second-order valence-electron chi connectivity index (χ2n) is 8.80. The van der Waals surface area contributed by atoms with Gasteiger partial charge in [0.25, 0.3) is 5.78 Å². The number of aliphatic hydroxyl groups excluding tert-OH is 1. The van der Waals surface area contributed by atoms with Crippen LogP contribution in [0.25, 0.3) is 5.76 Å². The van der Waals surface area contributed by atoms with Crippen LogP contribution in [-0.2, 0) is 15.3 Å². The van der Waals surface area contributed by atoms with Gasteiger partial charge in [0.05, 0.1) is 18.2 Å². The van der Waals surface area contributed by atoms with Crippen molar-refractivity contribution < 1.29 is 19.4 Å². The van der Waals surface area contributed by atoms with Crippen LogP contribution in [0.1, 0.15) is 35.2 Å². The third-order valence-corrected chi connectivity index (χ3v) is 8.53. The SMILES string of the molecule is CCOc1ccc(/C(O)=C2/C(=O)C(=O)N(c3nnc(SCc4ccc(Cl)cc4)s3)C2c2ccc(C)cc2)cc1. The van der Waals surface area contributed by atoms with Gasteiger partial charge in [-0.15, -0.1) is 10.2 Å². The van der Waals surface area contributed by atoms with Gasteiger partial charge in [0.1, 0.15) is 11.5 Å². The summed E-state index contributed by atoms with van der Waals surface area (Å²) in [6.07, 6.45) is 0. The number of benzene rings is 3. The molecule has 7 nitrogen and oxygen atoms in total. The number of nitrogens with zero attached hydrogens (tertiary/aromatic N) is 3. The van der Waals surface area contributed by atoms with Crippen LogP contribution < -0.4 is 9.64 Å². The molecule has 1 aliphatic heterocycles. The molecule has 2 heterocycles.